The van der Waals surface area contributed by atoms with Crippen molar-refractivity contribution in [3.8, 4) is 0 Å². The number of likely N-dealkylation sites (tertiary alicyclic amines) is 1. The van der Waals surface area contributed by atoms with Crippen molar-refractivity contribution >= 4 is 5.97 Å². The number of imidazole rings is 1. The molecule has 0 amide bonds. The fourth-order valence-corrected chi connectivity index (χ4v) is 2.60. The molecule has 1 aromatic rings. The first-order valence-electron chi connectivity index (χ1n) is 6.01. The van der Waals surface area contributed by atoms with Crippen molar-refractivity contribution < 1.29 is 9.90 Å². The zero-order chi connectivity index (χ0) is 12.4. The van der Waals surface area contributed by atoms with Crippen LogP contribution >= 0.6 is 0 Å². The fourth-order valence-electron chi connectivity index (χ4n) is 2.60. The summed E-state index contributed by atoms with van der Waals surface area (Å²) >= 11 is 0. The molecule has 2 rings (SSSR count). The third-order valence-electron chi connectivity index (χ3n) is 3.57. The Kier molecular flexibility index (Phi) is 3.47. The molecule has 0 aromatic carbocycles. The van der Waals surface area contributed by atoms with Gasteiger partial charge in [-0.25, -0.2) is 4.98 Å². The predicted molar refractivity (Wildman–Crippen MR) is 63.4 cm³/mol. The number of nitrogens with zero attached hydrogens (tertiary/aromatic N) is 3. The van der Waals surface area contributed by atoms with E-state index in [0.717, 1.165) is 25.1 Å². The maximum absolute atomic E-state index is 11.3. The minimum atomic E-state index is -0.709. The van der Waals surface area contributed by atoms with E-state index in [0.29, 0.717) is 6.54 Å². The lowest BCUT2D eigenvalue weighted by Gasteiger charge is -2.37. The Morgan fingerprint density at radius 3 is 3.00 bits per heavy atom. The molecule has 1 fully saturated rings. The van der Waals surface area contributed by atoms with Crippen LogP contribution in [0.4, 0.5) is 0 Å². The molecule has 2 unspecified atom stereocenters. The van der Waals surface area contributed by atoms with Gasteiger partial charge in [-0.15, -0.1) is 0 Å². The Hall–Kier alpha value is -1.36. The molecular formula is C12H19N3O2. The molecule has 17 heavy (non-hydrogen) atoms. The molecule has 1 saturated heterocycles. The van der Waals surface area contributed by atoms with E-state index in [1.807, 2.05) is 23.4 Å². The molecule has 1 aliphatic rings. The highest BCUT2D eigenvalue weighted by atomic mass is 16.4. The van der Waals surface area contributed by atoms with E-state index in [-0.39, 0.29) is 12.0 Å². The number of hydrogen-bond acceptors (Lipinski definition) is 3. The Bertz CT molecular complexity index is 402. The summed E-state index contributed by atoms with van der Waals surface area (Å²) in [5.74, 6) is -0.492. The van der Waals surface area contributed by atoms with Crippen molar-refractivity contribution in [2.45, 2.75) is 32.4 Å². The lowest BCUT2D eigenvalue weighted by molar-refractivity contribution is -0.147. The largest absolute Gasteiger partial charge is 0.480 e. The molecule has 2 atom stereocenters. The first kappa shape index (κ1) is 12.1. The van der Waals surface area contributed by atoms with E-state index in [1.54, 1.807) is 12.5 Å². The quantitative estimate of drug-likeness (QED) is 0.855. The Morgan fingerprint density at radius 2 is 2.41 bits per heavy atom. The Balaban J connectivity index is 2.12. The van der Waals surface area contributed by atoms with Crippen molar-refractivity contribution in [3.05, 3.63) is 18.2 Å². The second-order valence-corrected chi connectivity index (χ2v) is 4.87. The summed E-state index contributed by atoms with van der Waals surface area (Å²) < 4.78 is 1.94. The van der Waals surface area contributed by atoms with Gasteiger partial charge in [-0.3, -0.25) is 9.69 Å². The van der Waals surface area contributed by atoms with Gasteiger partial charge in [-0.1, -0.05) is 6.92 Å². The average molecular weight is 237 g/mol. The van der Waals surface area contributed by atoms with Crippen molar-refractivity contribution in [2.24, 2.45) is 13.0 Å². The van der Waals surface area contributed by atoms with Gasteiger partial charge in [0, 0.05) is 19.8 Å². The minimum absolute atomic E-state index is 0.217. The molecule has 2 heterocycles. The number of carboxylic acid groups (broad SMARTS) is 1. The number of aliphatic carboxylic acids is 1. The van der Waals surface area contributed by atoms with Crippen molar-refractivity contribution in [1.82, 2.24) is 14.5 Å². The van der Waals surface area contributed by atoms with Gasteiger partial charge >= 0.3 is 5.97 Å². The van der Waals surface area contributed by atoms with E-state index < -0.39 is 5.97 Å². The zero-order valence-electron chi connectivity index (χ0n) is 10.3. The van der Waals surface area contributed by atoms with Crippen molar-refractivity contribution in [3.63, 3.8) is 0 Å². The molecule has 1 N–H and O–H groups in total. The van der Waals surface area contributed by atoms with Gasteiger partial charge in [0.15, 0.2) is 0 Å². The minimum Gasteiger partial charge on any atom is -0.480 e. The highest BCUT2D eigenvalue weighted by Gasteiger charge is 2.34. The monoisotopic (exact) mass is 237 g/mol. The maximum Gasteiger partial charge on any atom is 0.321 e. The van der Waals surface area contributed by atoms with Crippen LogP contribution in [0.2, 0.25) is 0 Å². The van der Waals surface area contributed by atoms with Crippen LogP contribution in [0.1, 0.15) is 25.5 Å². The highest BCUT2D eigenvalue weighted by molar-refractivity contribution is 5.74. The summed E-state index contributed by atoms with van der Waals surface area (Å²) in [5, 5.41) is 9.31. The molecule has 0 radical (unpaired) electrons. The van der Waals surface area contributed by atoms with E-state index in [1.165, 1.54) is 0 Å². The van der Waals surface area contributed by atoms with Crippen molar-refractivity contribution in [2.75, 3.05) is 6.54 Å². The highest BCUT2D eigenvalue weighted by Crippen LogP contribution is 2.24. The summed E-state index contributed by atoms with van der Waals surface area (Å²) in [4.78, 5) is 17.4. The van der Waals surface area contributed by atoms with Crippen molar-refractivity contribution in [1.29, 1.82) is 0 Å². The van der Waals surface area contributed by atoms with Gasteiger partial charge in [0.25, 0.3) is 0 Å². The molecule has 5 heteroatoms. The third-order valence-corrected chi connectivity index (χ3v) is 3.57. The average Bonchev–Trinajstić information content (AvgIpc) is 2.64. The topological polar surface area (TPSA) is 58.4 Å². The van der Waals surface area contributed by atoms with Crippen LogP contribution in [0.3, 0.4) is 0 Å². The molecule has 1 aliphatic heterocycles. The number of hydrogen-bond donors (Lipinski definition) is 1. The number of carboxylic acids is 1. The van der Waals surface area contributed by atoms with Crippen LogP contribution in [0.5, 0.6) is 0 Å². The first-order chi connectivity index (χ1) is 8.09. The summed E-state index contributed by atoms with van der Waals surface area (Å²) in [7, 11) is 1.94. The molecular weight excluding hydrogens is 218 g/mol. The van der Waals surface area contributed by atoms with Gasteiger partial charge in [0.2, 0.25) is 0 Å². The Morgan fingerprint density at radius 1 is 1.65 bits per heavy atom. The van der Waals surface area contributed by atoms with Crippen LogP contribution in [0.25, 0.3) is 0 Å². The first-order valence-corrected chi connectivity index (χ1v) is 6.01. The molecule has 0 aliphatic carbocycles. The third kappa shape index (κ3) is 2.49. The summed E-state index contributed by atoms with van der Waals surface area (Å²) in [6, 6.07) is -0.362. The van der Waals surface area contributed by atoms with Gasteiger partial charge < -0.3 is 9.67 Å². The lowest BCUT2D eigenvalue weighted by atomic mass is 9.91. The second-order valence-electron chi connectivity index (χ2n) is 4.87. The van der Waals surface area contributed by atoms with Crippen LogP contribution in [-0.4, -0.2) is 38.1 Å². The number of aryl methyl sites for hydroxylation is 1. The molecule has 5 nitrogen and oxygen atoms in total. The number of carbonyl (C=O) groups is 1. The van der Waals surface area contributed by atoms with E-state index >= 15 is 0 Å². The smallest absolute Gasteiger partial charge is 0.321 e. The van der Waals surface area contributed by atoms with Crippen LogP contribution in [0.15, 0.2) is 12.5 Å². The number of aromatic nitrogens is 2. The fraction of sp³-hybridized carbons (Fsp3) is 0.667. The zero-order valence-corrected chi connectivity index (χ0v) is 10.3. The van der Waals surface area contributed by atoms with Gasteiger partial charge in [0.1, 0.15) is 6.04 Å². The van der Waals surface area contributed by atoms with Gasteiger partial charge in [0.05, 0.1) is 12.0 Å². The lowest BCUT2D eigenvalue weighted by Crippen LogP contribution is -2.48. The number of rotatable bonds is 3. The van der Waals surface area contributed by atoms with Crippen LogP contribution in [-0.2, 0) is 18.4 Å². The molecule has 94 valence electrons. The summed E-state index contributed by atoms with van der Waals surface area (Å²) in [5.41, 5.74) is 1.06. The van der Waals surface area contributed by atoms with E-state index in [2.05, 4.69) is 4.98 Å². The standard InChI is InChI=1S/C12H19N3O2/c1-9-4-3-5-15(11(9)12(16)17)7-10-6-13-8-14(10)2/h6,8-9,11H,3-5,7H2,1-2H3,(H,16,17). The van der Waals surface area contributed by atoms with E-state index in [4.69, 9.17) is 0 Å². The van der Waals surface area contributed by atoms with E-state index in [9.17, 15) is 9.90 Å². The Labute approximate surface area is 101 Å². The SMILES string of the molecule is CC1CCCN(Cc2cncn2C)C1C(=O)O. The van der Waals surface area contributed by atoms with Crippen LogP contribution < -0.4 is 0 Å². The molecule has 0 saturated carbocycles. The van der Waals surface area contributed by atoms with Gasteiger partial charge in [-0.05, 0) is 25.3 Å². The van der Waals surface area contributed by atoms with Gasteiger partial charge in [-0.2, -0.15) is 0 Å². The molecule has 0 bridgehead atoms. The van der Waals surface area contributed by atoms with Crippen LogP contribution in [0, 0.1) is 5.92 Å². The second kappa shape index (κ2) is 4.87. The maximum atomic E-state index is 11.3. The summed E-state index contributed by atoms with van der Waals surface area (Å²) in [6.07, 6.45) is 5.62. The number of piperidine rings is 1. The molecule has 1 aromatic heterocycles. The molecule has 0 spiro atoms. The predicted octanol–water partition coefficient (Wildman–Crippen LogP) is 1.11. The normalized spacial score (nSPS) is 26.0. The summed E-state index contributed by atoms with van der Waals surface area (Å²) in [6.45, 7) is 3.54.